The predicted octanol–water partition coefficient (Wildman–Crippen LogP) is 0.480. The first-order valence-electron chi connectivity index (χ1n) is 6.35. The molecule has 0 spiro atoms. The summed E-state index contributed by atoms with van der Waals surface area (Å²) in [5, 5.41) is 5.75. The number of sulfone groups is 1. The number of nitrogen functional groups attached to an aromatic ring is 1. The van der Waals surface area contributed by atoms with Gasteiger partial charge in [0.2, 0.25) is 5.95 Å². The Bertz CT molecular complexity index is 546. The molecule has 0 saturated carbocycles. The molecule has 1 aliphatic rings. The number of aromatic nitrogens is 2. The minimum absolute atomic E-state index is 0.162. The predicted molar refractivity (Wildman–Crippen MR) is 75.9 cm³/mol. The van der Waals surface area contributed by atoms with Crippen LogP contribution in [0.2, 0.25) is 0 Å². The number of nitrogens with one attached hydrogen (secondary N) is 2. The number of nitrogens with zero attached hydrogens (tertiary/aromatic N) is 2. The third-order valence-corrected chi connectivity index (χ3v) is 5.35. The van der Waals surface area contributed by atoms with Crippen LogP contribution in [0.1, 0.15) is 19.8 Å². The standard InChI is InChI=1S/C11H19N5O2S/c1-2-13-9-6-10(16-11(12)15-9)14-7-8-4-3-5-19(8,17)18/h6,8H,2-5,7H2,1H3,(H4,12,13,14,15,16). The van der Waals surface area contributed by atoms with Gasteiger partial charge < -0.3 is 16.4 Å². The van der Waals surface area contributed by atoms with Gasteiger partial charge in [0.1, 0.15) is 11.6 Å². The molecule has 1 fully saturated rings. The summed E-state index contributed by atoms with van der Waals surface area (Å²) >= 11 is 0. The van der Waals surface area contributed by atoms with Gasteiger partial charge in [0.15, 0.2) is 9.84 Å². The first-order chi connectivity index (χ1) is 9.01. The molecule has 0 aliphatic carbocycles. The number of rotatable bonds is 5. The molecule has 0 bridgehead atoms. The fourth-order valence-corrected chi connectivity index (χ4v) is 3.90. The third-order valence-electron chi connectivity index (χ3n) is 3.08. The van der Waals surface area contributed by atoms with E-state index in [1.807, 2.05) is 6.92 Å². The summed E-state index contributed by atoms with van der Waals surface area (Å²) in [5.41, 5.74) is 5.61. The van der Waals surface area contributed by atoms with Gasteiger partial charge in [-0.3, -0.25) is 0 Å². The molecule has 0 radical (unpaired) electrons. The Kier molecular flexibility index (Phi) is 4.08. The molecule has 8 heteroatoms. The third kappa shape index (κ3) is 3.46. The minimum Gasteiger partial charge on any atom is -0.370 e. The van der Waals surface area contributed by atoms with Crippen molar-refractivity contribution < 1.29 is 8.42 Å². The summed E-state index contributed by atoms with van der Waals surface area (Å²) in [7, 11) is -2.94. The van der Waals surface area contributed by atoms with Gasteiger partial charge in [-0.25, -0.2) is 8.42 Å². The average molecular weight is 285 g/mol. The van der Waals surface area contributed by atoms with Crippen LogP contribution in [-0.4, -0.2) is 42.5 Å². The number of nitrogens with two attached hydrogens (primary N) is 1. The minimum atomic E-state index is -2.94. The number of anilines is 3. The fourth-order valence-electron chi connectivity index (χ4n) is 2.13. The van der Waals surface area contributed by atoms with Crippen LogP contribution in [0.25, 0.3) is 0 Å². The van der Waals surface area contributed by atoms with E-state index in [-0.39, 0.29) is 17.0 Å². The summed E-state index contributed by atoms with van der Waals surface area (Å²) in [6.45, 7) is 3.05. The zero-order chi connectivity index (χ0) is 13.9. The largest absolute Gasteiger partial charge is 0.370 e. The van der Waals surface area contributed by atoms with E-state index >= 15 is 0 Å². The molecule has 106 valence electrons. The van der Waals surface area contributed by atoms with Gasteiger partial charge >= 0.3 is 0 Å². The van der Waals surface area contributed by atoms with Crippen LogP contribution in [0, 0.1) is 0 Å². The van der Waals surface area contributed by atoms with Crippen molar-refractivity contribution in [3.63, 3.8) is 0 Å². The van der Waals surface area contributed by atoms with Gasteiger partial charge in [0.25, 0.3) is 0 Å². The van der Waals surface area contributed by atoms with E-state index in [1.54, 1.807) is 6.07 Å². The van der Waals surface area contributed by atoms with Crippen LogP contribution in [0.15, 0.2) is 6.07 Å². The molecule has 1 aliphatic heterocycles. The van der Waals surface area contributed by atoms with Gasteiger partial charge in [0.05, 0.1) is 11.0 Å². The zero-order valence-corrected chi connectivity index (χ0v) is 11.7. The normalized spacial score (nSPS) is 21.2. The van der Waals surface area contributed by atoms with Crippen molar-refractivity contribution in [3.05, 3.63) is 6.07 Å². The van der Waals surface area contributed by atoms with E-state index in [4.69, 9.17) is 5.73 Å². The Balaban J connectivity index is 2.03. The van der Waals surface area contributed by atoms with Crippen LogP contribution in [0.4, 0.5) is 17.6 Å². The van der Waals surface area contributed by atoms with E-state index < -0.39 is 9.84 Å². The molecule has 7 nitrogen and oxygen atoms in total. The van der Waals surface area contributed by atoms with Crippen molar-refractivity contribution in [2.75, 3.05) is 35.2 Å². The van der Waals surface area contributed by atoms with E-state index in [1.165, 1.54) is 0 Å². The Morgan fingerprint density at radius 2 is 2.05 bits per heavy atom. The molecule has 4 N–H and O–H groups in total. The van der Waals surface area contributed by atoms with Crippen LogP contribution < -0.4 is 16.4 Å². The molecule has 2 heterocycles. The van der Waals surface area contributed by atoms with Crippen molar-refractivity contribution in [2.45, 2.75) is 25.0 Å². The van der Waals surface area contributed by atoms with Crippen molar-refractivity contribution in [2.24, 2.45) is 0 Å². The summed E-state index contributed by atoms with van der Waals surface area (Å²) in [4.78, 5) is 8.07. The Morgan fingerprint density at radius 3 is 2.63 bits per heavy atom. The van der Waals surface area contributed by atoms with Gasteiger partial charge in [-0.2, -0.15) is 9.97 Å². The molecular weight excluding hydrogens is 266 g/mol. The monoisotopic (exact) mass is 285 g/mol. The van der Waals surface area contributed by atoms with Crippen LogP contribution in [0.3, 0.4) is 0 Å². The lowest BCUT2D eigenvalue weighted by Crippen LogP contribution is -2.25. The average Bonchev–Trinajstić information content (AvgIpc) is 2.65. The van der Waals surface area contributed by atoms with Crippen molar-refractivity contribution in [1.29, 1.82) is 0 Å². The topological polar surface area (TPSA) is 110 Å². The van der Waals surface area contributed by atoms with Gasteiger partial charge in [-0.05, 0) is 19.8 Å². The maximum Gasteiger partial charge on any atom is 0.223 e. The lowest BCUT2D eigenvalue weighted by molar-refractivity contribution is 0.591. The van der Waals surface area contributed by atoms with Crippen molar-refractivity contribution in [1.82, 2.24) is 9.97 Å². The maximum atomic E-state index is 11.7. The zero-order valence-electron chi connectivity index (χ0n) is 10.9. The molecule has 2 rings (SSSR count). The van der Waals surface area contributed by atoms with E-state index in [0.717, 1.165) is 13.0 Å². The molecule has 1 aromatic heterocycles. The second-order valence-electron chi connectivity index (χ2n) is 4.54. The summed E-state index contributed by atoms with van der Waals surface area (Å²) in [6, 6.07) is 1.72. The molecule has 1 saturated heterocycles. The van der Waals surface area contributed by atoms with E-state index in [2.05, 4.69) is 20.6 Å². The second kappa shape index (κ2) is 5.60. The molecule has 0 aromatic carbocycles. The van der Waals surface area contributed by atoms with Crippen molar-refractivity contribution >= 4 is 27.4 Å². The van der Waals surface area contributed by atoms with E-state index in [0.29, 0.717) is 24.6 Å². The fraction of sp³-hybridized carbons (Fsp3) is 0.636. The highest BCUT2D eigenvalue weighted by atomic mass is 32.2. The lowest BCUT2D eigenvalue weighted by Gasteiger charge is -2.12. The van der Waals surface area contributed by atoms with E-state index in [9.17, 15) is 8.42 Å². The van der Waals surface area contributed by atoms with Crippen LogP contribution in [0.5, 0.6) is 0 Å². The van der Waals surface area contributed by atoms with Crippen molar-refractivity contribution in [3.8, 4) is 0 Å². The first-order valence-corrected chi connectivity index (χ1v) is 8.06. The molecule has 1 aromatic rings. The Labute approximate surface area is 112 Å². The number of hydrogen-bond acceptors (Lipinski definition) is 7. The van der Waals surface area contributed by atoms with Gasteiger partial charge in [0, 0.05) is 19.2 Å². The summed E-state index contributed by atoms with van der Waals surface area (Å²) < 4.78 is 23.4. The Morgan fingerprint density at radius 1 is 1.37 bits per heavy atom. The maximum absolute atomic E-state index is 11.7. The van der Waals surface area contributed by atoms with Crippen LogP contribution in [-0.2, 0) is 9.84 Å². The molecule has 1 unspecified atom stereocenters. The van der Waals surface area contributed by atoms with Crippen LogP contribution >= 0.6 is 0 Å². The molecule has 0 amide bonds. The number of hydrogen-bond donors (Lipinski definition) is 3. The molecule has 19 heavy (non-hydrogen) atoms. The highest BCUT2D eigenvalue weighted by Gasteiger charge is 2.30. The lowest BCUT2D eigenvalue weighted by atomic mass is 10.2. The van der Waals surface area contributed by atoms with Gasteiger partial charge in [-0.15, -0.1) is 0 Å². The molecule has 1 atom stereocenters. The quantitative estimate of drug-likeness (QED) is 0.721. The highest BCUT2D eigenvalue weighted by molar-refractivity contribution is 7.92. The Hall–Kier alpha value is -1.57. The van der Waals surface area contributed by atoms with Gasteiger partial charge in [-0.1, -0.05) is 0 Å². The first kappa shape index (κ1) is 13.9. The summed E-state index contributed by atoms with van der Waals surface area (Å²) in [5.74, 6) is 1.63. The SMILES string of the molecule is CCNc1cc(NCC2CCCS2(=O)=O)nc(N)n1. The smallest absolute Gasteiger partial charge is 0.223 e. The summed E-state index contributed by atoms with van der Waals surface area (Å²) in [6.07, 6.45) is 1.44. The second-order valence-corrected chi connectivity index (χ2v) is 6.94. The highest BCUT2D eigenvalue weighted by Crippen LogP contribution is 2.21. The molecular formula is C11H19N5O2S.